The van der Waals surface area contributed by atoms with Crippen LogP contribution in [0.2, 0.25) is 5.02 Å². The second-order valence-electron chi connectivity index (χ2n) is 3.02. The van der Waals surface area contributed by atoms with Crippen LogP contribution in [0.1, 0.15) is 5.69 Å². The topological polar surface area (TPSA) is 28.7 Å². The number of nitrogens with zero attached hydrogens (tertiary/aromatic N) is 1. The van der Waals surface area contributed by atoms with Gasteiger partial charge in [0, 0.05) is 5.56 Å². The first-order valence-corrected chi connectivity index (χ1v) is 4.52. The zero-order valence-electron chi connectivity index (χ0n) is 7.51. The third kappa shape index (κ3) is 1.51. The van der Waals surface area contributed by atoms with Crippen molar-refractivity contribution in [2.45, 2.75) is 6.92 Å². The molecule has 0 radical (unpaired) electrons. The third-order valence-corrected chi connectivity index (χ3v) is 2.45. The standard InChI is InChI=1S/C10H8ClFN2/c1-6-9(11)10(14-13-6)7-2-4-8(12)5-3-7/h2-5H,1H3,(H,13,14). The molecular formula is C10H8ClFN2. The normalized spacial score (nSPS) is 10.5. The van der Waals surface area contributed by atoms with Crippen molar-refractivity contribution in [2.24, 2.45) is 0 Å². The minimum Gasteiger partial charge on any atom is -0.281 e. The number of benzene rings is 1. The average Bonchev–Trinajstić information content (AvgIpc) is 2.50. The maximum absolute atomic E-state index is 12.6. The van der Waals surface area contributed by atoms with E-state index in [-0.39, 0.29) is 5.82 Å². The number of nitrogens with one attached hydrogen (secondary N) is 1. The Balaban J connectivity index is 2.49. The van der Waals surface area contributed by atoms with Crippen LogP contribution in [-0.4, -0.2) is 10.2 Å². The lowest BCUT2D eigenvalue weighted by atomic mass is 10.1. The van der Waals surface area contributed by atoms with Gasteiger partial charge in [-0.2, -0.15) is 5.10 Å². The molecule has 72 valence electrons. The van der Waals surface area contributed by atoms with Crippen LogP contribution in [0.4, 0.5) is 4.39 Å². The molecule has 0 bridgehead atoms. The monoisotopic (exact) mass is 210 g/mol. The highest BCUT2D eigenvalue weighted by Crippen LogP contribution is 2.27. The van der Waals surface area contributed by atoms with E-state index in [2.05, 4.69) is 10.2 Å². The second-order valence-corrected chi connectivity index (χ2v) is 3.40. The zero-order chi connectivity index (χ0) is 10.1. The summed E-state index contributed by atoms with van der Waals surface area (Å²) in [5.41, 5.74) is 2.27. The van der Waals surface area contributed by atoms with Crippen LogP contribution in [0, 0.1) is 12.7 Å². The van der Waals surface area contributed by atoms with Crippen LogP contribution in [0.3, 0.4) is 0 Å². The van der Waals surface area contributed by atoms with Gasteiger partial charge in [-0.25, -0.2) is 4.39 Å². The smallest absolute Gasteiger partial charge is 0.123 e. The zero-order valence-corrected chi connectivity index (χ0v) is 8.27. The first kappa shape index (κ1) is 9.21. The van der Waals surface area contributed by atoms with Gasteiger partial charge in [-0.05, 0) is 31.2 Å². The van der Waals surface area contributed by atoms with Crippen molar-refractivity contribution in [3.8, 4) is 11.3 Å². The van der Waals surface area contributed by atoms with Crippen LogP contribution in [0.5, 0.6) is 0 Å². The predicted molar refractivity (Wildman–Crippen MR) is 53.7 cm³/mol. The molecule has 0 spiro atoms. The number of hydrogen-bond donors (Lipinski definition) is 1. The Kier molecular flexibility index (Phi) is 2.25. The maximum Gasteiger partial charge on any atom is 0.123 e. The van der Waals surface area contributed by atoms with E-state index in [0.717, 1.165) is 11.3 Å². The van der Waals surface area contributed by atoms with Gasteiger partial charge in [0.1, 0.15) is 11.5 Å². The summed E-state index contributed by atoms with van der Waals surface area (Å²) in [6, 6.07) is 6.07. The first-order chi connectivity index (χ1) is 6.68. The summed E-state index contributed by atoms with van der Waals surface area (Å²) in [5.74, 6) is -0.267. The van der Waals surface area contributed by atoms with Crippen LogP contribution < -0.4 is 0 Å². The van der Waals surface area contributed by atoms with Gasteiger partial charge in [0.25, 0.3) is 0 Å². The minimum atomic E-state index is -0.267. The number of aromatic nitrogens is 2. The lowest BCUT2D eigenvalue weighted by molar-refractivity contribution is 0.628. The van der Waals surface area contributed by atoms with Gasteiger partial charge in [-0.1, -0.05) is 11.6 Å². The fraction of sp³-hybridized carbons (Fsp3) is 0.100. The van der Waals surface area contributed by atoms with E-state index >= 15 is 0 Å². The molecule has 1 aromatic carbocycles. The molecule has 4 heteroatoms. The van der Waals surface area contributed by atoms with Crippen molar-refractivity contribution in [3.63, 3.8) is 0 Å². The van der Waals surface area contributed by atoms with Gasteiger partial charge in [-0.15, -0.1) is 0 Å². The molecule has 2 rings (SSSR count). The van der Waals surface area contributed by atoms with Gasteiger partial charge in [0.05, 0.1) is 10.7 Å². The van der Waals surface area contributed by atoms with Crippen LogP contribution in [0.25, 0.3) is 11.3 Å². The number of aromatic amines is 1. The first-order valence-electron chi connectivity index (χ1n) is 4.15. The van der Waals surface area contributed by atoms with E-state index in [0.29, 0.717) is 10.7 Å². The van der Waals surface area contributed by atoms with E-state index in [9.17, 15) is 4.39 Å². The Morgan fingerprint density at radius 2 is 1.93 bits per heavy atom. The molecule has 0 aliphatic rings. The van der Waals surface area contributed by atoms with Crippen molar-refractivity contribution in [1.29, 1.82) is 0 Å². The lowest BCUT2D eigenvalue weighted by Gasteiger charge is -1.96. The Bertz CT molecular complexity index is 448. The Labute approximate surface area is 85.7 Å². The fourth-order valence-electron chi connectivity index (χ4n) is 1.21. The number of hydrogen-bond acceptors (Lipinski definition) is 1. The highest BCUT2D eigenvalue weighted by molar-refractivity contribution is 6.33. The highest BCUT2D eigenvalue weighted by atomic mass is 35.5. The van der Waals surface area contributed by atoms with Crippen LogP contribution in [0.15, 0.2) is 24.3 Å². The molecule has 1 heterocycles. The maximum atomic E-state index is 12.6. The van der Waals surface area contributed by atoms with E-state index in [1.807, 2.05) is 6.92 Å². The van der Waals surface area contributed by atoms with E-state index in [4.69, 9.17) is 11.6 Å². The molecule has 0 atom stereocenters. The SMILES string of the molecule is Cc1[nH]nc(-c2ccc(F)cc2)c1Cl. The number of rotatable bonds is 1. The van der Waals surface area contributed by atoms with Crippen molar-refractivity contribution >= 4 is 11.6 Å². The summed E-state index contributed by atoms with van der Waals surface area (Å²) in [6.45, 7) is 1.84. The molecular weight excluding hydrogens is 203 g/mol. The van der Waals surface area contributed by atoms with Crippen molar-refractivity contribution in [1.82, 2.24) is 10.2 Å². The third-order valence-electron chi connectivity index (χ3n) is 1.99. The molecule has 0 saturated heterocycles. The molecule has 0 fully saturated rings. The summed E-state index contributed by atoms with van der Waals surface area (Å²) in [4.78, 5) is 0. The van der Waals surface area contributed by atoms with Crippen molar-refractivity contribution in [2.75, 3.05) is 0 Å². The largest absolute Gasteiger partial charge is 0.281 e. The van der Waals surface area contributed by atoms with Gasteiger partial charge < -0.3 is 0 Å². The second kappa shape index (κ2) is 3.42. The lowest BCUT2D eigenvalue weighted by Crippen LogP contribution is -1.79. The molecule has 0 aliphatic heterocycles. The fourth-order valence-corrected chi connectivity index (χ4v) is 1.41. The van der Waals surface area contributed by atoms with Crippen molar-refractivity contribution < 1.29 is 4.39 Å². The molecule has 2 aromatic rings. The Hall–Kier alpha value is -1.35. The van der Waals surface area contributed by atoms with Gasteiger partial charge in [0.15, 0.2) is 0 Å². The molecule has 0 amide bonds. The quantitative estimate of drug-likeness (QED) is 0.770. The summed E-state index contributed by atoms with van der Waals surface area (Å²) in [5, 5.41) is 7.39. The minimum absolute atomic E-state index is 0.267. The van der Waals surface area contributed by atoms with E-state index < -0.39 is 0 Å². The average molecular weight is 211 g/mol. The predicted octanol–water partition coefficient (Wildman–Crippen LogP) is 3.18. The van der Waals surface area contributed by atoms with Crippen molar-refractivity contribution in [3.05, 3.63) is 40.8 Å². The number of H-pyrrole nitrogens is 1. The highest BCUT2D eigenvalue weighted by Gasteiger charge is 2.09. The summed E-state index contributed by atoms with van der Waals surface area (Å²) in [6.07, 6.45) is 0. The summed E-state index contributed by atoms with van der Waals surface area (Å²) >= 11 is 6.00. The molecule has 0 unspecified atom stereocenters. The van der Waals surface area contributed by atoms with Gasteiger partial charge >= 0.3 is 0 Å². The van der Waals surface area contributed by atoms with Crippen LogP contribution in [-0.2, 0) is 0 Å². The molecule has 0 saturated carbocycles. The molecule has 1 N–H and O–H groups in total. The number of halogens is 2. The number of aryl methyl sites for hydroxylation is 1. The Morgan fingerprint density at radius 3 is 2.43 bits per heavy atom. The Morgan fingerprint density at radius 1 is 1.29 bits per heavy atom. The molecule has 2 nitrogen and oxygen atoms in total. The van der Waals surface area contributed by atoms with Crippen LogP contribution >= 0.6 is 11.6 Å². The summed E-state index contributed by atoms with van der Waals surface area (Å²) in [7, 11) is 0. The van der Waals surface area contributed by atoms with Gasteiger partial charge in [0.2, 0.25) is 0 Å². The van der Waals surface area contributed by atoms with E-state index in [1.165, 1.54) is 12.1 Å². The van der Waals surface area contributed by atoms with Gasteiger partial charge in [-0.3, -0.25) is 5.10 Å². The van der Waals surface area contributed by atoms with E-state index in [1.54, 1.807) is 12.1 Å². The molecule has 0 aliphatic carbocycles. The summed E-state index contributed by atoms with van der Waals surface area (Å²) < 4.78 is 12.6. The molecule has 1 aromatic heterocycles. The molecule has 14 heavy (non-hydrogen) atoms.